The van der Waals surface area contributed by atoms with Crippen molar-refractivity contribution in [3.8, 4) is 0 Å². The fraction of sp³-hybridized carbons (Fsp3) is 0.350. The smallest absolute Gasteiger partial charge is 0.251 e. The number of hydrogen-bond donors (Lipinski definition) is 2. The summed E-state index contributed by atoms with van der Waals surface area (Å²) in [5.41, 5.74) is 2.28. The van der Waals surface area contributed by atoms with Crippen molar-refractivity contribution in [2.45, 2.75) is 24.9 Å². The normalized spacial score (nSPS) is 20.0. The van der Waals surface area contributed by atoms with Crippen LogP contribution in [0.2, 0.25) is 0 Å². The average molecular weight is 341 g/mol. The molecule has 24 heavy (non-hydrogen) atoms. The molecule has 1 unspecified atom stereocenters. The Morgan fingerprint density at radius 3 is 2.58 bits per heavy atom. The predicted octanol–water partition coefficient (Wildman–Crippen LogP) is 3.07. The average Bonchev–Trinajstić information content (AvgIpc) is 3.06. The van der Waals surface area contributed by atoms with Crippen molar-refractivity contribution >= 4 is 17.7 Å². The molecule has 0 bridgehead atoms. The summed E-state index contributed by atoms with van der Waals surface area (Å²) in [7, 11) is 0. The second-order valence-corrected chi connectivity index (χ2v) is 7.46. The van der Waals surface area contributed by atoms with Crippen LogP contribution in [0.1, 0.15) is 27.9 Å². The summed E-state index contributed by atoms with van der Waals surface area (Å²) in [5.74, 6) is 1.56. The van der Waals surface area contributed by atoms with Crippen molar-refractivity contribution in [1.82, 2.24) is 5.32 Å². The van der Waals surface area contributed by atoms with Gasteiger partial charge in [0.15, 0.2) is 0 Å². The summed E-state index contributed by atoms with van der Waals surface area (Å²) in [6.45, 7) is 0.325. The molecule has 126 valence electrons. The first-order valence-corrected chi connectivity index (χ1v) is 9.52. The number of aliphatic hydroxyl groups is 1. The standard InChI is InChI=1S/C20H23NO2S/c22-19(21-14-20(23)12-13-24-15-20)18-9-5-4-8-17(18)11-10-16-6-2-1-3-7-16/h1-9,23H,10-15H2,(H,21,22). The number of aryl methyl sites for hydroxylation is 2. The third-order valence-corrected chi connectivity index (χ3v) is 5.68. The highest BCUT2D eigenvalue weighted by Crippen LogP contribution is 2.27. The highest BCUT2D eigenvalue weighted by Gasteiger charge is 2.32. The molecule has 1 heterocycles. The Bertz CT molecular complexity index is 681. The summed E-state index contributed by atoms with van der Waals surface area (Å²) in [6.07, 6.45) is 2.48. The van der Waals surface area contributed by atoms with Crippen molar-refractivity contribution < 1.29 is 9.90 Å². The van der Waals surface area contributed by atoms with Gasteiger partial charge in [-0.15, -0.1) is 0 Å². The SMILES string of the molecule is O=C(NCC1(O)CCSC1)c1ccccc1CCc1ccccc1. The van der Waals surface area contributed by atoms with E-state index >= 15 is 0 Å². The molecule has 1 atom stereocenters. The quantitative estimate of drug-likeness (QED) is 0.849. The van der Waals surface area contributed by atoms with Crippen LogP contribution in [0.4, 0.5) is 0 Å². The topological polar surface area (TPSA) is 49.3 Å². The van der Waals surface area contributed by atoms with Gasteiger partial charge in [-0.3, -0.25) is 4.79 Å². The molecule has 1 fully saturated rings. The van der Waals surface area contributed by atoms with Crippen LogP contribution in [0.25, 0.3) is 0 Å². The number of hydrogen-bond acceptors (Lipinski definition) is 3. The van der Waals surface area contributed by atoms with Crippen molar-refractivity contribution in [2.75, 3.05) is 18.1 Å². The zero-order valence-corrected chi connectivity index (χ0v) is 14.5. The third-order valence-electron chi connectivity index (χ3n) is 4.45. The largest absolute Gasteiger partial charge is 0.387 e. The van der Waals surface area contributed by atoms with Crippen LogP contribution >= 0.6 is 11.8 Å². The monoisotopic (exact) mass is 341 g/mol. The molecule has 0 aromatic heterocycles. The van der Waals surface area contributed by atoms with Gasteiger partial charge in [0.25, 0.3) is 5.91 Å². The van der Waals surface area contributed by atoms with Crippen LogP contribution in [-0.2, 0) is 12.8 Å². The molecule has 2 aromatic rings. The molecule has 3 nitrogen and oxygen atoms in total. The maximum Gasteiger partial charge on any atom is 0.251 e. The van der Waals surface area contributed by atoms with E-state index < -0.39 is 5.60 Å². The molecule has 1 aliphatic heterocycles. The number of thioether (sulfide) groups is 1. The third kappa shape index (κ3) is 4.40. The Balaban J connectivity index is 1.63. The highest BCUT2D eigenvalue weighted by atomic mass is 32.2. The molecule has 3 rings (SSSR count). The zero-order chi connectivity index (χ0) is 16.8. The first kappa shape index (κ1) is 17.1. The highest BCUT2D eigenvalue weighted by molar-refractivity contribution is 7.99. The first-order chi connectivity index (χ1) is 11.7. The van der Waals surface area contributed by atoms with Crippen molar-refractivity contribution in [3.05, 3.63) is 71.3 Å². The van der Waals surface area contributed by atoms with Crippen molar-refractivity contribution in [2.24, 2.45) is 0 Å². The van der Waals surface area contributed by atoms with Gasteiger partial charge in [0.05, 0.1) is 5.60 Å². The molecule has 0 saturated carbocycles. The molecule has 1 saturated heterocycles. The van der Waals surface area contributed by atoms with Crippen LogP contribution in [0.15, 0.2) is 54.6 Å². The van der Waals surface area contributed by atoms with E-state index in [-0.39, 0.29) is 5.91 Å². The predicted molar refractivity (Wildman–Crippen MR) is 99.5 cm³/mol. The van der Waals surface area contributed by atoms with Crippen LogP contribution in [-0.4, -0.2) is 34.7 Å². The van der Waals surface area contributed by atoms with E-state index in [4.69, 9.17) is 0 Å². The lowest BCUT2D eigenvalue weighted by Crippen LogP contribution is -2.43. The Kier molecular flexibility index (Phi) is 5.59. The number of amides is 1. The second-order valence-electron chi connectivity index (χ2n) is 6.35. The molecule has 1 amide bonds. The van der Waals surface area contributed by atoms with Crippen LogP contribution in [0.3, 0.4) is 0 Å². The Hall–Kier alpha value is -1.78. The minimum Gasteiger partial charge on any atom is -0.387 e. The number of nitrogens with one attached hydrogen (secondary N) is 1. The maximum absolute atomic E-state index is 12.5. The van der Waals surface area contributed by atoms with Gasteiger partial charge in [0.1, 0.15) is 0 Å². The molecular weight excluding hydrogens is 318 g/mol. The Morgan fingerprint density at radius 2 is 1.83 bits per heavy atom. The van der Waals surface area contributed by atoms with Gasteiger partial charge in [-0.2, -0.15) is 11.8 Å². The lowest BCUT2D eigenvalue weighted by atomic mass is 9.98. The minimum atomic E-state index is -0.751. The lowest BCUT2D eigenvalue weighted by Gasteiger charge is -2.22. The summed E-state index contributed by atoms with van der Waals surface area (Å²) >= 11 is 1.74. The van der Waals surface area contributed by atoms with E-state index in [1.54, 1.807) is 11.8 Å². The summed E-state index contributed by atoms with van der Waals surface area (Å²) < 4.78 is 0. The summed E-state index contributed by atoms with van der Waals surface area (Å²) in [6, 6.07) is 18.0. The van der Waals surface area contributed by atoms with Gasteiger partial charge in [-0.25, -0.2) is 0 Å². The molecule has 4 heteroatoms. The zero-order valence-electron chi connectivity index (χ0n) is 13.7. The first-order valence-electron chi connectivity index (χ1n) is 8.36. The maximum atomic E-state index is 12.5. The van der Waals surface area contributed by atoms with Gasteiger partial charge in [-0.05, 0) is 42.2 Å². The van der Waals surface area contributed by atoms with Crippen LogP contribution in [0.5, 0.6) is 0 Å². The van der Waals surface area contributed by atoms with Gasteiger partial charge < -0.3 is 10.4 Å². The summed E-state index contributed by atoms with van der Waals surface area (Å²) in [5, 5.41) is 13.3. The van der Waals surface area contributed by atoms with Crippen LogP contribution < -0.4 is 5.32 Å². The molecule has 1 aliphatic rings. The second kappa shape index (κ2) is 7.86. The molecule has 2 N–H and O–H groups in total. The van der Waals surface area contributed by atoms with Gasteiger partial charge in [0.2, 0.25) is 0 Å². The number of benzene rings is 2. The van der Waals surface area contributed by atoms with E-state index in [0.717, 1.165) is 30.6 Å². The fourth-order valence-corrected chi connectivity index (χ4v) is 4.25. The van der Waals surface area contributed by atoms with Gasteiger partial charge in [-0.1, -0.05) is 48.5 Å². The molecule has 0 spiro atoms. The number of rotatable bonds is 6. The number of carbonyl (C=O) groups excluding carboxylic acids is 1. The van der Waals surface area contributed by atoms with Crippen LogP contribution in [0, 0.1) is 0 Å². The van der Waals surface area contributed by atoms with Gasteiger partial charge in [0, 0.05) is 17.9 Å². The molecule has 0 radical (unpaired) electrons. The van der Waals surface area contributed by atoms with E-state index in [9.17, 15) is 9.90 Å². The van der Waals surface area contributed by atoms with E-state index in [1.807, 2.05) is 42.5 Å². The minimum absolute atomic E-state index is 0.0935. The fourth-order valence-electron chi connectivity index (χ4n) is 2.96. The Morgan fingerprint density at radius 1 is 1.08 bits per heavy atom. The molecule has 0 aliphatic carbocycles. The van der Waals surface area contributed by atoms with Crippen molar-refractivity contribution in [1.29, 1.82) is 0 Å². The summed E-state index contributed by atoms with van der Waals surface area (Å²) in [4.78, 5) is 12.5. The Labute approximate surface area is 147 Å². The van der Waals surface area contributed by atoms with Gasteiger partial charge >= 0.3 is 0 Å². The van der Waals surface area contributed by atoms with E-state index in [2.05, 4.69) is 17.4 Å². The molecular formula is C20H23NO2S. The van der Waals surface area contributed by atoms with E-state index in [1.165, 1.54) is 5.56 Å². The molecule has 2 aromatic carbocycles. The van der Waals surface area contributed by atoms with Crippen molar-refractivity contribution in [3.63, 3.8) is 0 Å². The lowest BCUT2D eigenvalue weighted by molar-refractivity contribution is 0.0612. The van der Waals surface area contributed by atoms with E-state index in [0.29, 0.717) is 17.9 Å². The number of carbonyl (C=O) groups is 1.